The van der Waals surface area contributed by atoms with Gasteiger partial charge in [0.25, 0.3) is 0 Å². The number of carbonyl (C=O) groups excluding carboxylic acids is 2. The molecule has 0 saturated heterocycles. The fraction of sp³-hybridized carbons (Fsp3) is 0. The van der Waals surface area contributed by atoms with E-state index in [0.29, 0.717) is 0 Å². The Balaban J connectivity index is 4.40. The summed E-state index contributed by atoms with van der Waals surface area (Å²) < 4.78 is -1.11. The molecule has 0 spiro atoms. The standard InChI is InChI=1S/C6Cl6O4/c7-1(3(9)10)5(13)15-16-6(14)2(8)4(11)12. The highest BCUT2D eigenvalue weighted by Gasteiger charge is 2.19. The Labute approximate surface area is 119 Å². The molecule has 0 aromatic carbocycles. The molecule has 0 aromatic heterocycles. The lowest BCUT2D eigenvalue weighted by atomic mass is 10.6. The van der Waals surface area contributed by atoms with Crippen LogP contribution < -0.4 is 0 Å². The quantitative estimate of drug-likeness (QED) is 0.433. The highest BCUT2D eigenvalue weighted by molar-refractivity contribution is 6.63. The number of halogens is 6. The Morgan fingerprint density at radius 2 is 0.875 bits per heavy atom. The van der Waals surface area contributed by atoms with Gasteiger partial charge >= 0.3 is 11.9 Å². The van der Waals surface area contributed by atoms with Crippen LogP contribution >= 0.6 is 69.6 Å². The topological polar surface area (TPSA) is 52.6 Å². The Morgan fingerprint density at radius 3 is 1.06 bits per heavy atom. The smallest absolute Gasteiger partial charge is 0.240 e. The molecule has 0 fully saturated rings. The van der Waals surface area contributed by atoms with Gasteiger partial charge < -0.3 is 0 Å². The molecule has 0 rings (SSSR count). The summed E-state index contributed by atoms with van der Waals surface area (Å²) in [5, 5.41) is -1.35. The maximum absolute atomic E-state index is 10.9. The van der Waals surface area contributed by atoms with Crippen LogP contribution in [-0.4, -0.2) is 11.9 Å². The second-order valence-electron chi connectivity index (χ2n) is 1.89. The van der Waals surface area contributed by atoms with E-state index in [9.17, 15) is 9.59 Å². The number of hydrogen-bond acceptors (Lipinski definition) is 4. The predicted octanol–water partition coefficient (Wildman–Crippen LogP) is 3.76. The minimum atomic E-state index is -1.29. The van der Waals surface area contributed by atoms with Crippen molar-refractivity contribution in [3.8, 4) is 0 Å². The van der Waals surface area contributed by atoms with E-state index in [1.54, 1.807) is 0 Å². The van der Waals surface area contributed by atoms with Gasteiger partial charge in [-0.05, 0) is 0 Å². The Morgan fingerprint density at radius 1 is 0.625 bits per heavy atom. The Kier molecular flexibility index (Phi) is 7.55. The van der Waals surface area contributed by atoms with Crippen LogP contribution in [0, 0.1) is 0 Å². The van der Waals surface area contributed by atoms with Crippen LogP contribution in [0.2, 0.25) is 0 Å². The van der Waals surface area contributed by atoms with Crippen LogP contribution in [0.3, 0.4) is 0 Å². The SMILES string of the molecule is O=C(OOC(=O)C(Cl)=C(Cl)Cl)C(Cl)=C(Cl)Cl. The third-order valence-corrected chi connectivity index (χ3v) is 2.71. The normalized spacial score (nSPS) is 9.12. The number of hydrogen-bond donors (Lipinski definition) is 0. The zero-order valence-electron chi connectivity index (χ0n) is 6.90. The molecule has 0 bridgehead atoms. The van der Waals surface area contributed by atoms with Gasteiger partial charge in [0.05, 0.1) is 0 Å². The van der Waals surface area contributed by atoms with Gasteiger partial charge in [0, 0.05) is 0 Å². The van der Waals surface area contributed by atoms with Crippen molar-refractivity contribution in [1.82, 2.24) is 0 Å². The summed E-state index contributed by atoms with van der Waals surface area (Å²) in [4.78, 5) is 29.6. The van der Waals surface area contributed by atoms with Crippen molar-refractivity contribution in [1.29, 1.82) is 0 Å². The summed E-state index contributed by atoms with van der Waals surface area (Å²) in [7, 11) is 0. The maximum Gasteiger partial charge on any atom is 0.400 e. The molecular weight excluding hydrogens is 349 g/mol. The molecule has 90 valence electrons. The first-order chi connectivity index (χ1) is 7.27. The third kappa shape index (κ3) is 5.48. The van der Waals surface area contributed by atoms with Crippen LogP contribution in [0.4, 0.5) is 0 Å². The molecular formula is C6Cl6O4. The van der Waals surface area contributed by atoms with E-state index in [4.69, 9.17) is 69.6 Å². The van der Waals surface area contributed by atoms with Crippen LogP contribution in [0.15, 0.2) is 19.0 Å². The lowest BCUT2D eigenvalue weighted by Gasteiger charge is -2.01. The monoisotopic (exact) mass is 346 g/mol. The largest absolute Gasteiger partial charge is 0.400 e. The lowest BCUT2D eigenvalue weighted by Crippen LogP contribution is -2.11. The van der Waals surface area contributed by atoms with E-state index in [-0.39, 0.29) is 0 Å². The van der Waals surface area contributed by atoms with E-state index in [1.165, 1.54) is 0 Å². The summed E-state index contributed by atoms with van der Waals surface area (Å²) in [6.07, 6.45) is 0. The fourth-order valence-electron chi connectivity index (χ4n) is 0.303. The molecule has 16 heavy (non-hydrogen) atoms. The van der Waals surface area contributed by atoms with Gasteiger partial charge in [-0.3, -0.25) is 0 Å². The molecule has 10 heteroatoms. The molecule has 0 amide bonds. The summed E-state index contributed by atoms with van der Waals surface area (Å²) in [5.41, 5.74) is 0. The molecule has 0 saturated carbocycles. The first kappa shape index (κ1) is 16.2. The van der Waals surface area contributed by atoms with Crippen molar-refractivity contribution in [3.05, 3.63) is 19.0 Å². The molecule has 0 unspecified atom stereocenters. The van der Waals surface area contributed by atoms with Gasteiger partial charge in [0.1, 0.15) is 8.98 Å². The average Bonchev–Trinajstić information content (AvgIpc) is 2.22. The first-order valence-corrected chi connectivity index (χ1v) is 5.38. The van der Waals surface area contributed by atoms with Crippen LogP contribution in [0.5, 0.6) is 0 Å². The zero-order chi connectivity index (χ0) is 12.9. The minimum absolute atomic E-state index is 0.556. The van der Waals surface area contributed by atoms with E-state index in [1.807, 2.05) is 0 Å². The van der Waals surface area contributed by atoms with Gasteiger partial charge in [-0.1, -0.05) is 69.6 Å². The van der Waals surface area contributed by atoms with Gasteiger partial charge in [-0.2, -0.15) is 0 Å². The molecule has 0 N–H and O–H groups in total. The lowest BCUT2D eigenvalue weighted by molar-refractivity contribution is -0.251. The molecule has 4 nitrogen and oxygen atoms in total. The number of rotatable bonds is 2. The third-order valence-electron chi connectivity index (χ3n) is 0.883. The minimum Gasteiger partial charge on any atom is -0.240 e. The van der Waals surface area contributed by atoms with Crippen LogP contribution in [0.1, 0.15) is 0 Å². The second kappa shape index (κ2) is 7.48. The van der Waals surface area contributed by atoms with E-state index < -0.39 is 31.0 Å². The molecule has 0 aromatic rings. The van der Waals surface area contributed by atoms with Gasteiger partial charge in [0.2, 0.25) is 0 Å². The van der Waals surface area contributed by atoms with Crippen molar-refractivity contribution < 1.29 is 19.4 Å². The second-order valence-corrected chi connectivity index (χ2v) is 4.55. The molecule has 0 aliphatic carbocycles. The first-order valence-electron chi connectivity index (χ1n) is 3.12. The Bertz CT molecular complexity index is 329. The molecule has 0 radical (unpaired) electrons. The molecule has 0 aliphatic rings. The fourth-order valence-corrected chi connectivity index (χ4v) is 0.675. The summed E-state index contributed by atoms with van der Waals surface area (Å²) in [6, 6.07) is 0. The summed E-state index contributed by atoms with van der Waals surface area (Å²) in [5.74, 6) is -2.57. The molecule has 0 aliphatic heterocycles. The predicted molar refractivity (Wildman–Crippen MR) is 61.4 cm³/mol. The van der Waals surface area contributed by atoms with Crippen molar-refractivity contribution in [2.45, 2.75) is 0 Å². The van der Waals surface area contributed by atoms with Crippen molar-refractivity contribution in [3.63, 3.8) is 0 Å². The van der Waals surface area contributed by atoms with E-state index in [0.717, 1.165) is 0 Å². The molecule has 0 atom stereocenters. The highest BCUT2D eigenvalue weighted by atomic mass is 35.5. The van der Waals surface area contributed by atoms with Gasteiger partial charge in [-0.25, -0.2) is 19.4 Å². The zero-order valence-corrected chi connectivity index (χ0v) is 11.4. The summed E-state index contributed by atoms with van der Waals surface area (Å²) >= 11 is 31.1. The van der Waals surface area contributed by atoms with Crippen molar-refractivity contribution in [2.24, 2.45) is 0 Å². The van der Waals surface area contributed by atoms with E-state index in [2.05, 4.69) is 9.78 Å². The maximum atomic E-state index is 10.9. The van der Waals surface area contributed by atoms with Crippen molar-refractivity contribution in [2.75, 3.05) is 0 Å². The molecule has 0 heterocycles. The average molecular weight is 349 g/mol. The van der Waals surface area contributed by atoms with Gasteiger partial charge in [-0.15, -0.1) is 0 Å². The van der Waals surface area contributed by atoms with Crippen molar-refractivity contribution >= 4 is 81.5 Å². The van der Waals surface area contributed by atoms with Crippen LogP contribution in [-0.2, 0) is 19.4 Å². The van der Waals surface area contributed by atoms with Crippen LogP contribution in [0.25, 0.3) is 0 Å². The highest BCUT2D eigenvalue weighted by Crippen LogP contribution is 2.21. The van der Waals surface area contributed by atoms with E-state index >= 15 is 0 Å². The number of carbonyl (C=O) groups is 2. The Hall–Kier alpha value is 0.160. The summed E-state index contributed by atoms with van der Waals surface area (Å²) in [6.45, 7) is 0. The van der Waals surface area contributed by atoms with Gasteiger partial charge in [0.15, 0.2) is 10.1 Å².